The highest BCUT2D eigenvalue weighted by atomic mass is 35.5. The molecule has 4 heterocycles. The van der Waals surface area contributed by atoms with Gasteiger partial charge in [0.1, 0.15) is 5.82 Å². The van der Waals surface area contributed by atoms with Gasteiger partial charge in [0, 0.05) is 41.8 Å². The number of thioether (sulfide) groups is 1. The van der Waals surface area contributed by atoms with Crippen LogP contribution in [0.3, 0.4) is 0 Å². The van der Waals surface area contributed by atoms with Crippen molar-refractivity contribution in [3.8, 4) is 16.9 Å². The fraction of sp³-hybridized carbons (Fsp3) is 0.344. The number of anilines is 1. The van der Waals surface area contributed by atoms with Gasteiger partial charge in [0.05, 0.1) is 27.5 Å². The van der Waals surface area contributed by atoms with Gasteiger partial charge in [-0.2, -0.15) is 4.98 Å². The van der Waals surface area contributed by atoms with E-state index in [1.807, 2.05) is 63.4 Å². The molecular weight excluding hydrogens is 568 g/mol. The number of benzene rings is 1. The van der Waals surface area contributed by atoms with Gasteiger partial charge in [-0.05, 0) is 56.7 Å². The van der Waals surface area contributed by atoms with Gasteiger partial charge in [0.15, 0.2) is 5.65 Å². The van der Waals surface area contributed by atoms with Gasteiger partial charge in [0.25, 0.3) is 0 Å². The van der Waals surface area contributed by atoms with Crippen LogP contribution in [0.4, 0.5) is 5.82 Å². The number of nitrogens with zero attached hydrogens (tertiary/aromatic N) is 6. The molecule has 0 spiro atoms. The van der Waals surface area contributed by atoms with Crippen LogP contribution in [0.1, 0.15) is 44.9 Å². The molecule has 42 heavy (non-hydrogen) atoms. The molecule has 1 aliphatic rings. The number of hydrogen-bond donors (Lipinski definition) is 0. The van der Waals surface area contributed by atoms with E-state index in [1.165, 1.54) is 6.08 Å². The molecule has 1 saturated heterocycles. The molecule has 0 radical (unpaired) electrons. The van der Waals surface area contributed by atoms with Crippen molar-refractivity contribution in [1.29, 1.82) is 0 Å². The Bertz CT molecular complexity index is 1750. The maximum absolute atomic E-state index is 14.2. The van der Waals surface area contributed by atoms with Crippen LogP contribution in [-0.2, 0) is 4.79 Å². The molecule has 218 valence electrons. The van der Waals surface area contributed by atoms with E-state index in [0.29, 0.717) is 46.3 Å². The van der Waals surface area contributed by atoms with Crippen LogP contribution in [0, 0.1) is 6.92 Å². The van der Waals surface area contributed by atoms with Gasteiger partial charge in [-0.15, -0.1) is 11.8 Å². The lowest BCUT2D eigenvalue weighted by atomic mass is 10.0. The molecule has 0 bridgehead atoms. The first-order valence-electron chi connectivity index (χ1n) is 14.0. The lowest BCUT2D eigenvalue weighted by molar-refractivity contribution is -0.128. The molecule has 10 heteroatoms. The predicted molar refractivity (Wildman–Crippen MR) is 172 cm³/mol. The number of piperazine rings is 1. The Hall–Kier alpha value is -3.69. The number of pyridine rings is 2. The molecule has 0 unspecified atom stereocenters. The van der Waals surface area contributed by atoms with E-state index in [1.54, 1.807) is 27.4 Å². The van der Waals surface area contributed by atoms with Crippen LogP contribution in [-0.4, -0.2) is 61.8 Å². The van der Waals surface area contributed by atoms with Crippen molar-refractivity contribution in [3.05, 3.63) is 82.0 Å². The molecule has 1 aliphatic heterocycles. The Morgan fingerprint density at radius 1 is 1.14 bits per heavy atom. The van der Waals surface area contributed by atoms with Gasteiger partial charge >= 0.3 is 5.69 Å². The minimum absolute atomic E-state index is 0.0493. The third-order valence-corrected chi connectivity index (χ3v) is 8.88. The average Bonchev–Trinajstić information content (AvgIpc) is 2.97. The molecule has 0 aliphatic carbocycles. The zero-order valence-corrected chi connectivity index (χ0v) is 26.3. The number of aryl methyl sites for hydroxylation is 1. The van der Waals surface area contributed by atoms with E-state index in [0.717, 1.165) is 21.7 Å². The van der Waals surface area contributed by atoms with Crippen molar-refractivity contribution in [2.45, 2.75) is 57.5 Å². The molecule has 1 aromatic carbocycles. The van der Waals surface area contributed by atoms with Gasteiger partial charge in [-0.25, -0.2) is 14.3 Å². The average molecular weight is 603 g/mol. The first-order valence-corrected chi connectivity index (χ1v) is 15.6. The third-order valence-electron chi connectivity index (χ3n) is 7.82. The topological polar surface area (TPSA) is 84.2 Å². The largest absolute Gasteiger partial charge is 0.355 e. The Balaban J connectivity index is 1.84. The number of aromatic nitrogens is 4. The zero-order chi connectivity index (χ0) is 30.3. The van der Waals surface area contributed by atoms with E-state index in [-0.39, 0.29) is 23.9 Å². The van der Waals surface area contributed by atoms with Gasteiger partial charge in [0.2, 0.25) is 5.91 Å². The van der Waals surface area contributed by atoms with Gasteiger partial charge in [-0.1, -0.05) is 56.3 Å². The molecule has 1 fully saturated rings. The van der Waals surface area contributed by atoms with Crippen LogP contribution in [0.25, 0.3) is 28.0 Å². The normalized spacial score (nSPS) is 17.2. The molecular formula is C32H35ClN6O2S. The monoisotopic (exact) mass is 602 g/mol. The van der Waals surface area contributed by atoms with E-state index >= 15 is 0 Å². The van der Waals surface area contributed by atoms with Crippen LogP contribution < -0.4 is 10.6 Å². The van der Waals surface area contributed by atoms with E-state index < -0.39 is 5.69 Å². The van der Waals surface area contributed by atoms with E-state index in [4.69, 9.17) is 16.6 Å². The third kappa shape index (κ3) is 5.20. The number of rotatable bonds is 6. The fourth-order valence-corrected chi connectivity index (χ4v) is 6.50. The Labute approximate surface area is 255 Å². The Morgan fingerprint density at radius 3 is 2.55 bits per heavy atom. The molecule has 2 atom stereocenters. The summed E-state index contributed by atoms with van der Waals surface area (Å²) in [5.41, 5.74) is 3.99. The molecule has 5 rings (SSSR count). The summed E-state index contributed by atoms with van der Waals surface area (Å²) in [4.78, 5) is 46.0. The second kappa shape index (κ2) is 11.9. The highest BCUT2D eigenvalue weighted by Crippen LogP contribution is 2.37. The minimum Gasteiger partial charge on any atom is -0.349 e. The minimum atomic E-state index is -0.447. The second-order valence-corrected chi connectivity index (χ2v) is 12.3. The first kappa shape index (κ1) is 29.8. The summed E-state index contributed by atoms with van der Waals surface area (Å²) in [5, 5.41) is 1.12. The summed E-state index contributed by atoms with van der Waals surface area (Å²) >= 11 is 8.52. The summed E-state index contributed by atoms with van der Waals surface area (Å²) in [6, 6.07) is 11.5. The smallest absolute Gasteiger partial charge is 0.349 e. The van der Waals surface area contributed by atoms with Crippen molar-refractivity contribution < 1.29 is 4.79 Å². The number of carbonyl (C=O) groups excluding carboxylic acids is 1. The van der Waals surface area contributed by atoms with Gasteiger partial charge < -0.3 is 9.80 Å². The summed E-state index contributed by atoms with van der Waals surface area (Å²) in [7, 11) is 0. The Morgan fingerprint density at radius 2 is 1.88 bits per heavy atom. The van der Waals surface area contributed by atoms with E-state index in [2.05, 4.69) is 35.3 Å². The maximum Gasteiger partial charge on any atom is 0.355 e. The molecule has 1 amide bonds. The van der Waals surface area contributed by atoms with Crippen LogP contribution in [0.2, 0.25) is 5.02 Å². The number of hydrogen-bond acceptors (Lipinski definition) is 7. The summed E-state index contributed by atoms with van der Waals surface area (Å²) in [6.45, 7) is 14.8. The highest BCUT2D eigenvalue weighted by molar-refractivity contribution is 7.98. The lowest BCUT2D eigenvalue weighted by Crippen LogP contribution is -2.58. The summed E-state index contributed by atoms with van der Waals surface area (Å²) < 4.78 is 1.59. The standard InChI is InChI=1S/C32H35ClN6O2S/c1-8-26(40)37-16-21(6)38(17-20(37)5)30-23-15-24(33)28(22-12-10-9-11-19(22)4)35-31(23)39(32(41)36-30)29-25(42-7)13-14-34-27(29)18(2)3/h8-15,18,20-21H,1,16-17H2,2-7H3/t20-,21+/m1/s1. The SMILES string of the molecule is C=CC(=O)N1C[C@H](C)N(c2nc(=O)n(-c3c(SC)ccnc3C(C)C)c3nc(-c4ccccc4C)c(Cl)cc23)C[C@H]1C. The van der Waals surface area contributed by atoms with Crippen molar-refractivity contribution in [3.63, 3.8) is 0 Å². The number of amides is 1. The van der Waals surface area contributed by atoms with Crippen molar-refractivity contribution in [2.75, 3.05) is 24.2 Å². The number of carbonyl (C=O) groups is 1. The molecule has 3 aromatic heterocycles. The molecule has 8 nitrogen and oxygen atoms in total. The molecule has 4 aromatic rings. The maximum atomic E-state index is 14.2. The Kier molecular flexibility index (Phi) is 8.44. The highest BCUT2D eigenvalue weighted by Gasteiger charge is 2.34. The predicted octanol–water partition coefficient (Wildman–Crippen LogP) is 6.26. The molecule has 0 N–H and O–H groups in total. The van der Waals surface area contributed by atoms with Crippen molar-refractivity contribution >= 4 is 46.1 Å². The van der Waals surface area contributed by atoms with Gasteiger partial charge in [-0.3, -0.25) is 9.78 Å². The second-order valence-electron chi connectivity index (χ2n) is 11.0. The van der Waals surface area contributed by atoms with Crippen LogP contribution >= 0.6 is 23.4 Å². The lowest BCUT2D eigenvalue weighted by Gasteiger charge is -2.44. The van der Waals surface area contributed by atoms with Crippen LogP contribution in [0.15, 0.2) is 64.9 Å². The van der Waals surface area contributed by atoms with Crippen LogP contribution in [0.5, 0.6) is 0 Å². The van der Waals surface area contributed by atoms with Crippen molar-refractivity contribution in [2.24, 2.45) is 0 Å². The van der Waals surface area contributed by atoms with E-state index in [9.17, 15) is 9.59 Å². The summed E-state index contributed by atoms with van der Waals surface area (Å²) in [5.74, 6) is 0.438. The quantitative estimate of drug-likeness (QED) is 0.190. The molecule has 0 saturated carbocycles. The zero-order valence-electron chi connectivity index (χ0n) is 24.8. The number of fused-ring (bicyclic) bond motifs is 1. The van der Waals surface area contributed by atoms with Crippen molar-refractivity contribution in [1.82, 2.24) is 24.4 Å². The summed E-state index contributed by atoms with van der Waals surface area (Å²) in [6.07, 6.45) is 5.10. The number of halogens is 1. The first-order chi connectivity index (χ1) is 20.1. The fourth-order valence-electron chi connectivity index (χ4n) is 5.66.